The molecule has 1 spiro atoms. The van der Waals surface area contributed by atoms with Gasteiger partial charge in [0.25, 0.3) is 0 Å². The van der Waals surface area contributed by atoms with E-state index in [0.717, 1.165) is 52.2 Å². The Morgan fingerprint density at radius 1 is 1.19 bits per heavy atom. The van der Waals surface area contributed by atoms with Gasteiger partial charge in [-0.05, 0) is 37.8 Å². The van der Waals surface area contributed by atoms with Gasteiger partial charge in [0.2, 0.25) is 5.91 Å². The van der Waals surface area contributed by atoms with Crippen molar-refractivity contribution in [2.24, 2.45) is 18.4 Å². The molecule has 1 aromatic heterocycles. The van der Waals surface area contributed by atoms with Crippen molar-refractivity contribution in [1.82, 2.24) is 24.9 Å². The van der Waals surface area contributed by atoms with Gasteiger partial charge in [0.1, 0.15) is 0 Å². The van der Waals surface area contributed by atoms with Gasteiger partial charge < -0.3 is 10.2 Å². The van der Waals surface area contributed by atoms with Crippen LogP contribution in [0.5, 0.6) is 0 Å². The van der Waals surface area contributed by atoms with Crippen molar-refractivity contribution in [3.63, 3.8) is 0 Å². The molecule has 2 aliphatic heterocycles. The fourth-order valence-electron chi connectivity index (χ4n) is 4.33. The van der Waals surface area contributed by atoms with Crippen molar-refractivity contribution in [2.75, 3.05) is 39.3 Å². The van der Waals surface area contributed by atoms with Gasteiger partial charge in [0.05, 0.1) is 6.20 Å². The van der Waals surface area contributed by atoms with E-state index in [2.05, 4.69) is 26.4 Å². The normalized spacial score (nSPS) is 24.2. The number of hydrogen-bond donors (Lipinski definition) is 1. The maximum Gasteiger partial charge on any atom is 0.226 e. The lowest BCUT2D eigenvalue weighted by atomic mass is 9.91. The first kappa shape index (κ1) is 23.5. The molecular weight excluding hydrogens is 397 g/mol. The summed E-state index contributed by atoms with van der Waals surface area (Å²) >= 11 is 0. The number of hydrogen-bond acceptors (Lipinski definition) is 4. The smallest absolute Gasteiger partial charge is 0.226 e. The summed E-state index contributed by atoms with van der Waals surface area (Å²) in [4.78, 5) is 17.3. The van der Waals surface area contributed by atoms with Gasteiger partial charge in [-0.2, -0.15) is 5.10 Å². The number of piperidine rings is 1. The Hall–Kier alpha value is -0.530. The third-order valence-electron chi connectivity index (χ3n) is 5.94. The van der Waals surface area contributed by atoms with Crippen LogP contribution in [0.1, 0.15) is 24.8 Å². The zero-order chi connectivity index (χ0) is 15.9. The maximum absolute atomic E-state index is 12.8. The van der Waals surface area contributed by atoms with Crippen molar-refractivity contribution >= 4 is 43.1 Å². The van der Waals surface area contributed by atoms with Crippen molar-refractivity contribution in [1.29, 1.82) is 0 Å². The lowest BCUT2D eigenvalue weighted by Crippen LogP contribution is -2.49. The topological polar surface area (TPSA) is 53.4 Å². The van der Waals surface area contributed by atoms with Gasteiger partial charge in [-0.3, -0.25) is 14.4 Å². The summed E-state index contributed by atoms with van der Waals surface area (Å²) in [6.07, 6.45) is 7.50. The second-order valence-electron chi connectivity index (χ2n) is 7.49. The number of aryl methyl sites for hydroxylation is 1. The van der Waals surface area contributed by atoms with Crippen LogP contribution in [-0.4, -0.2) is 64.8 Å². The molecule has 150 valence electrons. The van der Waals surface area contributed by atoms with Gasteiger partial charge in [-0.1, -0.05) is 0 Å². The van der Waals surface area contributed by atoms with Gasteiger partial charge in [-0.15, -0.1) is 37.2 Å². The number of carbonyl (C=O) groups is 1. The first-order valence-corrected chi connectivity index (χ1v) is 8.86. The summed E-state index contributed by atoms with van der Waals surface area (Å²) < 4.78 is 1.85. The van der Waals surface area contributed by atoms with E-state index in [1.54, 1.807) is 0 Å². The minimum Gasteiger partial charge on any atom is -0.340 e. The monoisotopic (exact) mass is 425 g/mol. The van der Waals surface area contributed by atoms with Gasteiger partial charge in [0.15, 0.2) is 0 Å². The molecule has 1 unspecified atom stereocenters. The number of aromatic nitrogens is 2. The predicted molar refractivity (Wildman–Crippen MR) is 109 cm³/mol. The second-order valence-corrected chi connectivity index (χ2v) is 7.49. The minimum atomic E-state index is 0. The highest BCUT2D eigenvalue weighted by Crippen LogP contribution is 2.59. The first-order chi connectivity index (χ1) is 11.2. The molecule has 9 heteroatoms. The Balaban J connectivity index is 0.00000113. The van der Waals surface area contributed by atoms with Crippen molar-refractivity contribution in [3.05, 3.63) is 18.0 Å². The van der Waals surface area contributed by atoms with E-state index in [9.17, 15) is 4.79 Å². The Bertz CT molecular complexity index is 583. The molecule has 0 bridgehead atoms. The van der Waals surface area contributed by atoms with E-state index >= 15 is 0 Å². The molecular formula is C17H30Cl3N5O. The third kappa shape index (κ3) is 4.84. The predicted octanol–water partition coefficient (Wildman–Crippen LogP) is 1.72. The number of piperazine rings is 1. The maximum atomic E-state index is 12.8. The SMILES string of the molecule is Cl.Cl.Cl.Cn1cc(CN2CCN(C(=O)C3CC34CCNCC4)CC2)cn1. The Morgan fingerprint density at radius 3 is 2.42 bits per heavy atom. The third-order valence-corrected chi connectivity index (χ3v) is 5.94. The van der Waals surface area contributed by atoms with Crippen LogP contribution in [0.4, 0.5) is 0 Å². The number of rotatable bonds is 3. The summed E-state index contributed by atoms with van der Waals surface area (Å²) in [5.41, 5.74) is 1.61. The van der Waals surface area contributed by atoms with Crippen LogP contribution in [0, 0.1) is 11.3 Å². The first-order valence-electron chi connectivity index (χ1n) is 8.86. The Morgan fingerprint density at radius 2 is 1.85 bits per heavy atom. The van der Waals surface area contributed by atoms with Crippen LogP contribution < -0.4 is 5.32 Å². The average molecular weight is 427 g/mol. The van der Waals surface area contributed by atoms with E-state index < -0.39 is 0 Å². The number of nitrogens with one attached hydrogen (secondary N) is 1. The summed E-state index contributed by atoms with van der Waals surface area (Å²) in [7, 11) is 1.95. The fourth-order valence-corrected chi connectivity index (χ4v) is 4.33. The molecule has 26 heavy (non-hydrogen) atoms. The van der Waals surface area contributed by atoms with E-state index in [-0.39, 0.29) is 37.2 Å². The highest BCUT2D eigenvalue weighted by molar-refractivity contribution is 5.86. The van der Waals surface area contributed by atoms with Crippen molar-refractivity contribution in [2.45, 2.75) is 25.8 Å². The summed E-state index contributed by atoms with van der Waals surface area (Å²) in [6.45, 7) is 6.82. The molecule has 0 radical (unpaired) electrons. The van der Waals surface area contributed by atoms with Crippen molar-refractivity contribution < 1.29 is 4.79 Å². The van der Waals surface area contributed by atoms with Crippen molar-refractivity contribution in [3.8, 4) is 0 Å². The van der Waals surface area contributed by atoms with Crippen LogP contribution in [-0.2, 0) is 18.4 Å². The van der Waals surface area contributed by atoms with E-state index in [0.29, 0.717) is 17.2 Å². The molecule has 1 aliphatic carbocycles. The molecule has 3 aliphatic rings. The molecule has 1 aromatic rings. The zero-order valence-electron chi connectivity index (χ0n) is 15.2. The van der Waals surface area contributed by atoms with Crippen LogP contribution in [0.25, 0.3) is 0 Å². The fraction of sp³-hybridized carbons (Fsp3) is 0.765. The molecule has 3 fully saturated rings. The molecule has 1 saturated carbocycles. The molecule has 0 aromatic carbocycles. The summed E-state index contributed by atoms with van der Waals surface area (Å²) in [5, 5.41) is 7.64. The van der Waals surface area contributed by atoms with E-state index in [4.69, 9.17) is 0 Å². The molecule has 1 amide bonds. The standard InChI is InChI=1S/C17H27N5O.3ClH/c1-20-12-14(11-19-20)13-21-6-8-22(9-7-21)16(23)15-10-17(15)2-4-18-5-3-17;;;/h11-12,15,18H,2-10,13H2,1H3;3*1H. The molecule has 6 nitrogen and oxygen atoms in total. The molecule has 4 rings (SSSR count). The quantitative estimate of drug-likeness (QED) is 0.799. The van der Waals surface area contributed by atoms with Crippen LogP contribution in [0.2, 0.25) is 0 Å². The van der Waals surface area contributed by atoms with E-state index in [1.165, 1.54) is 18.4 Å². The van der Waals surface area contributed by atoms with Crippen LogP contribution >= 0.6 is 37.2 Å². The van der Waals surface area contributed by atoms with E-state index in [1.807, 2.05) is 17.9 Å². The highest BCUT2D eigenvalue weighted by atomic mass is 35.5. The number of nitrogens with zero attached hydrogens (tertiary/aromatic N) is 4. The van der Waals surface area contributed by atoms with Gasteiger partial charge in [-0.25, -0.2) is 0 Å². The lowest BCUT2D eigenvalue weighted by Gasteiger charge is -2.35. The minimum absolute atomic E-state index is 0. The molecule has 1 atom stereocenters. The number of halogens is 3. The largest absolute Gasteiger partial charge is 0.340 e. The second kappa shape index (κ2) is 9.60. The summed E-state index contributed by atoms with van der Waals surface area (Å²) in [5.74, 6) is 0.738. The number of amides is 1. The lowest BCUT2D eigenvalue weighted by molar-refractivity contribution is -0.135. The van der Waals surface area contributed by atoms with Crippen LogP contribution in [0.3, 0.4) is 0 Å². The average Bonchev–Trinajstić information content (AvgIpc) is 3.09. The highest BCUT2D eigenvalue weighted by Gasteiger charge is 2.58. The number of carbonyl (C=O) groups excluding carboxylic acids is 1. The summed E-state index contributed by atoms with van der Waals surface area (Å²) in [6, 6.07) is 0. The molecule has 2 saturated heterocycles. The molecule has 3 heterocycles. The van der Waals surface area contributed by atoms with Gasteiger partial charge >= 0.3 is 0 Å². The zero-order valence-corrected chi connectivity index (χ0v) is 17.7. The van der Waals surface area contributed by atoms with Gasteiger partial charge in [0, 0.05) is 57.4 Å². The van der Waals surface area contributed by atoms with Crippen LogP contribution in [0.15, 0.2) is 12.4 Å². The Labute approximate surface area is 174 Å². The molecule has 1 N–H and O–H groups in total. The Kier molecular flexibility index (Phi) is 8.68.